The highest BCUT2D eigenvalue weighted by molar-refractivity contribution is 4.89. The van der Waals surface area contributed by atoms with E-state index in [4.69, 9.17) is 4.74 Å². The number of nitrogens with one attached hydrogen (secondary N) is 2. The summed E-state index contributed by atoms with van der Waals surface area (Å²) in [6.07, 6.45) is 3.94. The summed E-state index contributed by atoms with van der Waals surface area (Å²) in [6.45, 7) is 7.57. The van der Waals surface area contributed by atoms with Gasteiger partial charge in [-0.25, -0.2) is 0 Å². The molecule has 1 aliphatic rings. The topological polar surface area (TPSA) is 33.3 Å². The molecular formula is C11H24N2O. The predicted octanol–water partition coefficient (Wildman–Crippen LogP) is 1.00. The maximum atomic E-state index is 5.02. The van der Waals surface area contributed by atoms with E-state index in [1.165, 1.54) is 32.4 Å². The van der Waals surface area contributed by atoms with Crippen LogP contribution in [0.25, 0.3) is 0 Å². The van der Waals surface area contributed by atoms with Crippen LogP contribution < -0.4 is 10.6 Å². The lowest BCUT2D eigenvalue weighted by molar-refractivity contribution is 0.190. The number of rotatable bonds is 7. The minimum Gasteiger partial charge on any atom is -0.383 e. The molecule has 0 saturated carbocycles. The highest BCUT2D eigenvalue weighted by Gasteiger charge is 2.31. The Morgan fingerprint density at radius 3 is 2.93 bits per heavy atom. The van der Waals surface area contributed by atoms with Crippen molar-refractivity contribution in [2.24, 2.45) is 5.41 Å². The van der Waals surface area contributed by atoms with Crippen molar-refractivity contribution in [2.75, 3.05) is 39.9 Å². The van der Waals surface area contributed by atoms with Gasteiger partial charge in [0.25, 0.3) is 0 Å². The molecule has 3 heteroatoms. The van der Waals surface area contributed by atoms with Gasteiger partial charge in [-0.1, -0.05) is 13.3 Å². The molecule has 0 aromatic rings. The second-order valence-electron chi connectivity index (χ2n) is 4.35. The molecule has 0 aromatic carbocycles. The molecule has 0 amide bonds. The van der Waals surface area contributed by atoms with Crippen molar-refractivity contribution < 1.29 is 4.74 Å². The normalized spacial score (nSPS) is 27.0. The highest BCUT2D eigenvalue weighted by Crippen LogP contribution is 2.29. The Kier molecular flexibility index (Phi) is 5.45. The van der Waals surface area contributed by atoms with Gasteiger partial charge in [-0.3, -0.25) is 0 Å². The van der Waals surface area contributed by atoms with Crippen molar-refractivity contribution >= 4 is 0 Å². The molecule has 1 unspecified atom stereocenters. The molecule has 0 bridgehead atoms. The van der Waals surface area contributed by atoms with Crippen LogP contribution in [0.5, 0.6) is 0 Å². The summed E-state index contributed by atoms with van der Waals surface area (Å²) in [5.74, 6) is 0. The van der Waals surface area contributed by atoms with E-state index in [1.54, 1.807) is 7.11 Å². The van der Waals surface area contributed by atoms with Crippen molar-refractivity contribution in [1.29, 1.82) is 0 Å². The Morgan fingerprint density at radius 1 is 1.50 bits per heavy atom. The number of hydrogen-bond acceptors (Lipinski definition) is 3. The van der Waals surface area contributed by atoms with Gasteiger partial charge < -0.3 is 15.4 Å². The van der Waals surface area contributed by atoms with Gasteiger partial charge in [0, 0.05) is 26.7 Å². The van der Waals surface area contributed by atoms with Crippen LogP contribution in [0.4, 0.5) is 0 Å². The lowest BCUT2D eigenvalue weighted by atomic mass is 9.82. The van der Waals surface area contributed by atoms with E-state index < -0.39 is 0 Å². The summed E-state index contributed by atoms with van der Waals surface area (Å²) in [5, 5.41) is 6.96. The third-order valence-corrected chi connectivity index (χ3v) is 3.10. The molecule has 0 aliphatic carbocycles. The summed E-state index contributed by atoms with van der Waals surface area (Å²) < 4.78 is 5.02. The molecule has 1 fully saturated rings. The van der Waals surface area contributed by atoms with Gasteiger partial charge in [-0.2, -0.15) is 0 Å². The molecule has 84 valence electrons. The minimum absolute atomic E-state index is 0.516. The van der Waals surface area contributed by atoms with E-state index in [2.05, 4.69) is 17.6 Å². The average molecular weight is 200 g/mol. The maximum absolute atomic E-state index is 5.02. The predicted molar refractivity (Wildman–Crippen MR) is 59.6 cm³/mol. The van der Waals surface area contributed by atoms with Crippen LogP contribution >= 0.6 is 0 Å². The number of methoxy groups -OCH3 is 1. The van der Waals surface area contributed by atoms with Gasteiger partial charge in [-0.05, 0) is 24.8 Å². The molecule has 0 aromatic heterocycles. The minimum atomic E-state index is 0.516. The fourth-order valence-electron chi connectivity index (χ4n) is 2.31. The van der Waals surface area contributed by atoms with Gasteiger partial charge in [0.2, 0.25) is 0 Å². The summed E-state index contributed by atoms with van der Waals surface area (Å²) in [7, 11) is 1.75. The summed E-state index contributed by atoms with van der Waals surface area (Å²) in [5.41, 5.74) is 0.516. The first-order chi connectivity index (χ1) is 6.83. The second-order valence-corrected chi connectivity index (χ2v) is 4.35. The molecule has 0 radical (unpaired) electrons. The second kappa shape index (κ2) is 6.38. The Balaban J connectivity index is 2.21. The summed E-state index contributed by atoms with van der Waals surface area (Å²) in [6, 6.07) is 0. The monoisotopic (exact) mass is 200 g/mol. The van der Waals surface area contributed by atoms with E-state index >= 15 is 0 Å². The molecule has 0 spiro atoms. The lowest BCUT2D eigenvalue weighted by Crippen LogP contribution is -2.37. The van der Waals surface area contributed by atoms with E-state index in [1.807, 2.05) is 0 Å². The van der Waals surface area contributed by atoms with Crippen LogP contribution in [0.15, 0.2) is 0 Å². The molecule has 1 rings (SSSR count). The fraction of sp³-hybridized carbons (Fsp3) is 1.00. The Hall–Kier alpha value is -0.120. The fourth-order valence-corrected chi connectivity index (χ4v) is 2.31. The van der Waals surface area contributed by atoms with Crippen molar-refractivity contribution in [3.63, 3.8) is 0 Å². The Morgan fingerprint density at radius 2 is 2.36 bits per heavy atom. The average Bonchev–Trinajstić information content (AvgIpc) is 2.63. The smallest absolute Gasteiger partial charge is 0.0587 e. The Bertz CT molecular complexity index is 144. The quantitative estimate of drug-likeness (QED) is 0.602. The lowest BCUT2D eigenvalue weighted by Gasteiger charge is -2.28. The van der Waals surface area contributed by atoms with E-state index in [9.17, 15) is 0 Å². The summed E-state index contributed by atoms with van der Waals surface area (Å²) in [4.78, 5) is 0. The van der Waals surface area contributed by atoms with Gasteiger partial charge in [-0.15, -0.1) is 0 Å². The van der Waals surface area contributed by atoms with Gasteiger partial charge in [0.05, 0.1) is 6.61 Å². The molecule has 1 saturated heterocycles. The third kappa shape index (κ3) is 3.56. The first kappa shape index (κ1) is 12.0. The molecule has 1 heterocycles. The summed E-state index contributed by atoms with van der Waals surface area (Å²) >= 11 is 0. The van der Waals surface area contributed by atoms with Crippen LogP contribution in [0.2, 0.25) is 0 Å². The zero-order valence-electron chi connectivity index (χ0n) is 9.57. The van der Waals surface area contributed by atoms with Crippen molar-refractivity contribution in [1.82, 2.24) is 10.6 Å². The first-order valence-corrected chi connectivity index (χ1v) is 5.73. The van der Waals surface area contributed by atoms with E-state index in [0.717, 1.165) is 19.7 Å². The Labute approximate surface area is 87.6 Å². The van der Waals surface area contributed by atoms with Crippen LogP contribution in [-0.2, 0) is 4.74 Å². The van der Waals surface area contributed by atoms with Gasteiger partial charge in [0.15, 0.2) is 0 Å². The SMILES string of the molecule is CCCC1(CNCCOC)CCNC1. The molecule has 3 nitrogen and oxygen atoms in total. The molecule has 14 heavy (non-hydrogen) atoms. The zero-order valence-corrected chi connectivity index (χ0v) is 9.57. The van der Waals surface area contributed by atoms with Crippen LogP contribution in [0, 0.1) is 5.41 Å². The molecule has 1 atom stereocenters. The number of ether oxygens (including phenoxy) is 1. The molecule has 1 aliphatic heterocycles. The molecular weight excluding hydrogens is 176 g/mol. The molecule has 2 N–H and O–H groups in total. The largest absolute Gasteiger partial charge is 0.383 e. The van der Waals surface area contributed by atoms with E-state index in [-0.39, 0.29) is 0 Å². The maximum Gasteiger partial charge on any atom is 0.0587 e. The van der Waals surface area contributed by atoms with Crippen molar-refractivity contribution in [3.05, 3.63) is 0 Å². The first-order valence-electron chi connectivity index (χ1n) is 5.73. The van der Waals surface area contributed by atoms with Gasteiger partial charge >= 0.3 is 0 Å². The standard InChI is InChI=1S/C11H24N2O/c1-3-4-11(5-6-12-9-11)10-13-7-8-14-2/h12-13H,3-10H2,1-2H3. The highest BCUT2D eigenvalue weighted by atomic mass is 16.5. The van der Waals surface area contributed by atoms with Crippen LogP contribution in [0.1, 0.15) is 26.2 Å². The van der Waals surface area contributed by atoms with E-state index in [0.29, 0.717) is 5.41 Å². The van der Waals surface area contributed by atoms with Crippen molar-refractivity contribution in [2.45, 2.75) is 26.2 Å². The number of hydrogen-bond donors (Lipinski definition) is 2. The zero-order chi connectivity index (χ0) is 10.3. The third-order valence-electron chi connectivity index (χ3n) is 3.10. The van der Waals surface area contributed by atoms with Crippen LogP contribution in [-0.4, -0.2) is 39.9 Å². The van der Waals surface area contributed by atoms with Crippen molar-refractivity contribution in [3.8, 4) is 0 Å². The van der Waals surface area contributed by atoms with Crippen LogP contribution in [0.3, 0.4) is 0 Å². The van der Waals surface area contributed by atoms with Gasteiger partial charge in [0.1, 0.15) is 0 Å².